The van der Waals surface area contributed by atoms with Crippen LogP contribution in [0.2, 0.25) is 0 Å². The standard InChI is InChI=1S/C12H21NO/c1-12(2)6-5-11(14-12)8-9-3-4-10(13)7-9/h8,10-11H,3-7,13H2,1-2H3/b9-8-. The van der Waals surface area contributed by atoms with Crippen LogP contribution in [0, 0.1) is 0 Å². The highest BCUT2D eigenvalue weighted by Gasteiger charge is 2.31. The van der Waals surface area contributed by atoms with Gasteiger partial charge in [0.15, 0.2) is 0 Å². The second kappa shape index (κ2) is 3.67. The zero-order chi connectivity index (χ0) is 10.2. The maximum Gasteiger partial charge on any atom is 0.0766 e. The fourth-order valence-electron chi connectivity index (χ4n) is 2.46. The molecule has 2 unspecified atom stereocenters. The molecule has 2 N–H and O–H groups in total. The van der Waals surface area contributed by atoms with Gasteiger partial charge in [0.1, 0.15) is 0 Å². The van der Waals surface area contributed by atoms with Crippen molar-refractivity contribution in [1.82, 2.24) is 0 Å². The Bertz CT molecular complexity index is 245. The normalized spacial score (nSPS) is 39.5. The van der Waals surface area contributed by atoms with Gasteiger partial charge in [-0.2, -0.15) is 0 Å². The van der Waals surface area contributed by atoms with Crippen LogP contribution in [0.4, 0.5) is 0 Å². The molecule has 2 atom stereocenters. The van der Waals surface area contributed by atoms with Crippen LogP contribution >= 0.6 is 0 Å². The molecule has 0 radical (unpaired) electrons. The van der Waals surface area contributed by atoms with Gasteiger partial charge in [-0.25, -0.2) is 0 Å². The third-order valence-electron chi connectivity index (χ3n) is 3.28. The van der Waals surface area contributed by atoms with Gasteiger partial charge in [-0.15, -0.1) is 0 Å². The molecule has 2 heteroatoms. The SMILES string of the molecule is CC1(C)CCC(/C=C2/CCC(N)C2)O1. The molecule has 0 aromatic rings. The molecule has 2 fully saturated rings. The van der Waals surface area contributed by atoms with Crippen LogP contribution < -0.4 is 5.73 Å². The first-order valence-electron chi connectivity index (χ1n) is 5.68. The van der Waals surface area contributed by atoms with Gasteiger partial charge in [0.25, 0.3) is 0 Å². The van der Waals surface area contributed by atoms with Crippen LogP contribution in [0.3, 0.4) is 0 Å². The molecule has 0 spiro atoms. The Kier molecular flexibility index (Phi) is 2.67. The zero-order valence-electron chi connectivity index (χ0n) is 9.25. The van der Waals surface area contributed by atoms with Gasteiger partial charge in [-0.05, 0) is 46.0 Å². The molecule has 0 amide bonds. The Morgan fingerprint density at radius 1 is 1.43 bits per heavy atom. The molecule has 2 aliphatic rings. The van der Waals surface area contributed by atoms with Gasteiger partial charge < -0.3 is 10.5 Å². The van der Waals surface area contributed by atoms with Crippen LogP contribution in [-0.2, 0) is 4.74 Å². The lowest BCUT2D eigenvalue weighted by Gasteiger charge is -2.17. The van der Waals surface area contributed by atoms with Crippen molar-refractivity contribution >= 4 is 0 Å². The predicted molar refractivity (Wildman–Crippen MR) is 58.1 cm³/mol. The third-order valence-corrected chi connectivity index (χ3v) is 3.28. The lowest BCUT2D eigenvalue weighted by atomic mass is 10.0. The van der Waals surface area contributed by atoms with Gasteiger partial charge >= 0.3 is 0 Å². The minimum Gasteiger partial charge on any atom is -0.368 e. The summed E-state index contributed by atoms with van der Waals surface area (Å²) in [5.74, 6) is 0. The van der Waals surface area contributed by atoms with E-state index in [9.17, 15) is 0 Å². The second-order valence-corrected chi connectivity index (χ2v) is 5.28. The molecule has 0 aromatic carbocycles. The van der Waals surface area contributed by atoms with Crippen molar-refractivity contribution in [1.29, 1.82) is 0 Å². The molecular weight excluding hydrogens is 174 g/mol. The summed E-state index contributed by atoms with van der Waals surface area (Å²) >= 11 is 0. The molecule has 80 valence electrons. The molecule has 1 saturated heterocycles. The summed E-state index contributed by atoms with van der Waals surface area (Å²) < 4.78 is 5.93. The molecule has 2 nitrogen and oxygen atoms in total. The highest BCUT2D eigenvalue weighted by molar-refractivity contribution is 5.13. The van der Waals surface area contributed by atoms with E-state index in [1.807, 2.05) is 0 Å². The Balaban J connectivity index is 1.92. The molecule has 0 bridgehead atoms. The smallest absolute Gasteiger partial charge is 0.0766 e. The summed E-state index contributed by atoms with van der Waals surface area (Å²) in [7, 11) is 0. The molecule has 0 aromatic heterocycles. The first kappa shape index (κ1) is 10.2. The number of hydrogen-bond donors (Lipinski definition) is 1. The molecule has 1 aliphatic carbocycles. The molecule has 14 heavy (non-hydrogen) atoms. The quantitative estimate of drug-likeness (QED) is 0.652. The van der Waals surface area contributed by atoms with Crippen molar-refractivity contribution in [3.8, 4) is 0 Å². The number of ether oxygens (including phenoxy) is 1. The summed E-state index contributed by atoms with van der Waals surface area (Å²) in [5.41, 5.74) is 7.47. The topological polar surface area (TPSA) is 35.2 Å². The van der Waals surface area contributed by atoms with Gasteiger partial charge in [0.05, 0.1) is 11.7 Å². The average molecular weight is 195 g/mol. The van der Waals surface area contributed by atoms with Crippen molar-refractivity contribution in [3.63, 3.8) is 0 Å². The minimum absolute atomic E-state index is 0.0858. The summed E-state index contributed by atoms with van der Waals surface area (Å²) in [6, 6.07) is 0.399. The Morgan fingerprint density at radius 3 is 2.71 bits per heavy atom. The van der Waals surface area contributed by atoms with Crippen molar-refractivity contribution in [3.05, 3.63) is 11.6 Å². The van der Waals surface area contributed by atoms with E-state index in [1.165, 1.54) is 24.8 Å². The summed E-state index contributed by atoms with van der Waals surface area (Å²) in [6.07, 6.45) is 8.44. The fourth-order valence-corrected chi connectivity index (χ4v) is 2.46. The van der Waals surface area contributed by atoms with Gasteiger partial charge in [-0.3, -0.25) is 0 Å². The fraction of sp³-hybridized carbons (Fsp3) is 0.833. The number of nitrogens with two attached hydrogens (primary N) is 1. The third kappa shape index (κ3) is 2.37. The van der Waals surface area contributed by atoms with Crippen molar-refractivity contribution in [2.45, 2.75) is 63.7 Å². The second-order valence-electron chi connectivity index (χ2n) is 5.28. The van der Waals surface area contributed by atoms with E-state index in [1.54, 1.807) is 0 Å². The van der Waals surface area contributed by atoms with Crippen LogP contribution in [0.5, 0.6) is 0 Å². The molecule has 1 aliphatic heterocycles. The van der Waals surface area contributed by atoms with Crippen LogP contribution in [0.15, 0.2) is 11.6 Å². The van der Waals surface area contributed by atoms with E-state index in [2.05, 4.69) is 19.9 Å². The summed E-state index contributed by atoms with van der Waals surface area (Å²) in [6.45, 7) is 4.35. The zero-order valence-corrected chi connectivity index (χ0v) is 9.25. The lowest BCUT2D eigenvalue weighted by Crippen LogP contribution is -2.19. The highest BCUT2D eigenvalue weighted by Crippen LogP contribution is 2.32. The van der Waals surface area contributed by atoms with E-state index < -0.39 is 0 Å². The maximum atomic E-state index is 5.93. The Labute approximate surface area is 86.5 Å². The monoisotopic (exact) mass is 195 g/mol. The van der Waals surface area contributed by atoms with Gasteiger partial charge in [0, 0.05) is 6.04 Å². The van der Waals surface area contributed by atoms with Gasteiger partial charge in [0.2, 0.25) is 0 Å². The highest BCUT2D eigenvalue weighted by atomic mass is 16.5. The largest absolute Gasteiger partial charge is 0.368 e. The maximum absolute atomic E-state index is 5.93. The van der Waals surface area contributed by atoms with Crippen LogP contribution in [-0.4, -0.2) is 17.7 Å². The van der Waals surface area contributed by atoms with E-state index >= 15 is 0 Å². The molecule has 2 rings (SSSR count). The average Bonchev–Trinajstić information content (AvgIpc) is 2.59. The lowest BCUT2D eigenvalue weighted by molar-refractivity contribution is 0.00486. The van der Waals surface area contributed by atoms with E-state index in [4.69, 9.17) is 10.5 Å². The molecular formula is C12H21NO. The first-order chi connectivity index (χ1) is 6.55. The Hall–Kier alpha value is -0.340. The molecule has 1 heterocycles. The van der Waals surface area contributed by atoms with E-state index in [0.717, 1.165) is 12.8 Å². The van der Waals surface area contributed by atoms with E-state index in [-0.39, 0.29) is 5.60 Å². The predicted octanol–water partition coefficient (Wildman–Crippen LogP) is 2.38. The first-order valence-corrected chi connectivity index (χ1v) is 5.68. The number of rotatable bonds is 1. The summed E-state index contributed by atoms with van der Waals surface area (Å²) in [4.78, 5) is 0. The van der Waals surface area contributed by atoms with Crippen molar-refractivity contribution < 1.29 is 4.74 Å². The van der Waals surface area contributed by atoms with Crippen molar-refractivity contribution in [2.75, 3.05) is 0 Å². The van der Waals surface area contributed by atoms with Crippen molar-refractivity contribution in [2.24, 2.45) is 5.73 Å². The van der Waals surface area contributed by atoms with Crippen LogP contribution in [0.1, 0.15) is 46.0 Å². The van der Waals surface area contributed by atoms with E-state index in [0.29, 0.717) is 12.1 Å². The minimum atomic E-state index is 0.0858. The Morgan fingerprint density at radius 2 is 2.21 bits per heavy atom. The van der Waals surface area contributed by atoms with Gasteiger partial charge in [-0.1, -0.05) is 11.6 Å². The van der Waals surface area contributed by atoms with Crippen LogP contribution in [0.25, 0.3) is 0 Å². The number of hydrogen-bond acceptors (Lipinski definition) is 2. The summed E-state index contributed by atoms with van der Waals surface area (Å²) in [5, 5.41) is 0. The molecule has 1 saturated carbocycles.